The molecule has 90 valence electrons. The second-order valence-electron chi connectivity index (χ2n) is 6.52. The van der Waals surface area contributed by atoms with Crippen LogP contribution in [-0.4, -0.2) is 29.6 Å². The standard InChI is InChI=1S/C13H22N2S/c1-15(2)12(16)14-13-6-9-3-10(7-13)5-11(4-9)8-13/h9-11H,3-8H2,1-2H3,(H,14,16). The van der Waals surface area contributed by atoms with Crippen molar-refractivity contribution in [3.63, 3.8) is 0 Å². The van der Waals surface area contributed by atoms with Gasteiger partial charge in [0.1, 0.15) is 0 Å². The van der Waals surface area contributed by atoms with E-state index in [1.807, 2.05) is 19.0 Å². The van der Waals surface area contributed by atoms with Crippen molar-refractivity contribution in [2.24, 2.45) is 17.8 Å². The summed E-state index contributed by atoms with van der Waals surface area (Å²) in [7, 11) is 4.08. The molecule has 0 aromatic heterocycles. The Balaban J connectivity index is 1.76. The lowest BCUT2D eigenvalue weighted by Gasteiger charge is -2.57. The van der Waals surface area contributed by atoms with Crippen LogP contribution >= 0.6 is 12.2 Å². The lowest BCUT2D eigenvalue weighted by Crippen LogP contribution is -2.61. The third-order valence-corrected chi connectivity index (χ3v) is 5.28. The fourth-order valence-corrected chi connectivity index (χ4v) is 4.82. The van der Waals surface area contributed by atoms with Gasteiger partial charge in [0.25, 0.3) is 0 Å². The first-order valence-corrected chi connectivity index (χ1v) is 6.97. The maximum atomic E-state index is 5.43. The third kappa shape index (κ3) is 1.73. The van der Waals surface area contributed by atoms with Crippen LogP contribution in [0, 0.1) is 17.8 Å². The van der Waals surface area contributed by atoms with E-state index in [9.17, 15) is 0 Å². The maximum Gasteiger partial charge on any atom is 0.168 e. The van der Waals surface area contributed by atoms with Crippen molar-refractivity contribution >= 4 is 17.3 Å². The van der Waals surface area contributed by atoms with Crippen LogP contribution in [0.4, 0.5) is 0 Å². The topological polar surface area (TPSA) is 15.3 Å². The highest BCUT2D eigenvalue weighted by Crippen LogP contribution is 2.55. The molecule has 0 spiro atoms. The largest absolute Gasteiger partial charge is 0.357 e. The molecule has 0 aromatic carbocycles. The lowest BCUT2D eigenvalue weighted by atomic mass is 9.53. The zero-order chi connectivity index (χ0) is 11.3. The molecule has 0 amide bonds. The van der Waals surface area contributed by atoms with E-state index in [0.29, 0.717) is 5.54 Å². The van der Waals surface area contributed by atoms with Crippen molar-refractivity contribution in [2.45, 2.75) is 44.1 Å². The van der Waals surface area contributed by atoms with Crippen LogP contribution in [0.15, 0.2) is 0 Å². The molecule has 0 aromatic rings. The molecule has 4 bridgehead atoms. The van der Waals surface area contributed by atoms with E-state index in [4.69, 9.17) is 12.2 Å². The molecule has 0 radical (unpaired) electrons. The Labute approximate surface area is 104 Å². The first-order valence-electron chi connectivity index (χ1n) is 6.56. The summed E-state index contributed by atoms with van der Waals surface area (Å²) in [6.45, 7) is 0. The zero-order valence-electron chi connectivity index (χ0n) is 10.3. The summed E-state index contributed by atoms with van der Waals surface area (Å²) >= 11 is 5.43. The molecule has 0 unspecified atom stereocenters. The molecule has 0 aliphatic heterocycles. The summed E-state index contributed by atoms with van der Waals surface area (Å²) in [5.74, 6) is 2.97. The van der Waals surface area contributed by atoms with Crippen LogP contribution in [0.3, 0.4) is 0 Å². The SMILES string of the molecule is CN(C)C(=S)NC12CC3CC(CC(C3)C1)C2. The van der Waals surface area contributed by atoms with E-state index >= 15 is 0 Å². The molecule has 4 aliphatic rings. The van der Waals surface area contributed by atoms with Crippen molar-refractivity contribution < 1.29 is 0 Å². The predicted molar refractivity (Wildman–Crippen MR) is 70.3 cm³/mol. The normalized spacial score (nSPS) is 44.5. The summed E-state index contributed by atoms with van der Waals surface area (Å²) in [5, 5.41) is 4.61. The van der Waals surface area contributed by atoms with Gasteiger partial charge in [0.05, 0.1) is 0 Å². The highest BCUT2D eigenvalue weighted by molar-refractivity contribution is 7.80. The fourth-order valence-electron chi connectivity index (χ4n) is 4.60. The number of nitrogens with one attached hydrogen (secondary N) is 1. The van der Waals surface area contributed by atoms with E-state index < -0.39 is 0 Å². The van der Waals surface area contributed by atoms with E-state index in [-0.39, 0.29) is 0 Å². The van der Waals surface area contributed by atoms with E-state index in [1.54, 1.807) is 0 Å². The molecular formula is C13H22N2S. The molecule has 4 fully saturated rings. The van der Waals surface area contributed by atoms with Gasteiger partial charge in [-0.2, -0.15) is 0 Å². The van der Waals surface area contributed by atoms with Crippen LogP contribution in [0.2, 0.25) is 0 Å². The smallest absolute Gasteiger partial charge is 0.168 e. The van der Waals surface area contributed by atoms with Gasteiger partial charge in [-0.1, -0.05) is 0 Å². The molecule has 0 atom stereocenters. The quantitative estimate of drug-likeness (QED) is 0.706. The number of hydrogen-bond acceptors (Lipinski definition) is 1. The van der Waals surface area contributed by atoms with Crippen molar-refractivity contribution in [3.8, 4) is 0 Å². The molecule has 4 rings (SSSR count). The van der Waals surface area contributed by atoms with Gasteiger partial charge in [-0.25, -0.2) is 0 Å². The van der Waals surface area contributed by atoms with E-state index in [0.717, 1.165) is 22.9 Å². The van der Waals surface area contributed by atoms with Crippen molar-refractivity contribution in [2.75, 3.05) is 14.1 Å². The summed E-state index contributed by atoms with van der Waals surface area (Å²) in [5.41, 5.74) is 0.371. The Morgan fingerprint density at radius 2 is 1.50 bits per heavy atom. The van der Waals surface area contributed by atoms with Crippen LogP contribution < -0.4 is 5.32 Å². The van der Waals surface area contributed by atoms with Gasteiger partial charge in [-0.05, 0) is 68.5 Å². The van der Waals surface area contributed by atoms with Crippen molar-refractivity contribution in [1.82, 2.24) is 10.2 Å². The zero-order valence-corrected chi connectivity index (χ0v) is 11.1. The van der Waals surface area contributed by atoms with Gasteiger partial charge in [0, 0.05) is 19.6 Å². The summed E-state index contributed by atoms with van der Waals surface area (Å²) < 4.78 is 0. The van der Waals surface area contributed by atoms with Crippen molar-refractivity contribution in [3.05, 3.63) is 0 Å². The number of hydrogen-bond donors (Lipinski definition) is 1. The Morgan fingerprint density at radius 3 is 1.88 bits per heavy atom. The minimum absolute atomic E-state index is 0.371. The van der Waals surface area contributed by atoms with Gasteiger partial charge in [0.15, 0.2) is 5.11 Å². The fraction of sp³-hybridized carbons (Fsp3) is 0.923. The summed E-state index contributed by atoms with van der Waals surface area (Å²) in [4.78, 5) is 2.04. The maximum absolute atomic E-state index is 5.43. The van der Waals surface area contributed by atoms with Crippen LogP contribution in [-0.2, 0) is 0 Å². The molecule has 2 nitrogen and oxygen atoms in total. The molecule has 1 N–H and O–H groups in total. The average Bonchev–Trinajstić information content (AvgIpc) is 2.13. The number of rotatable bonds is 1. The molecular weight excluding hydrogens is 216 g/mol. The second kappa shape index (κ2) is 3.59. The predicted octanol–water partition coefficient (Wildman–Crippen LogP) is 2.39. The molecule has 3 heteroatoms. The number of thiocarbonyl (C=S) groups is 1. The van der Waals surface area contributed by atoms with Crippen LogP contribution in [0.1, 0.15) is 38.5 Å². The van der Waals surface area contributed by atoms with E-state index in [1.165, 1.54) is 38.5 Å². The highest BCUT2D eigenvalue weighted by atomic mass is 32.1. The lowest BCUT2D eigenvalue weighted by molar-refractivity contribution is -0.0108. The van der Waals surface area contributed by atoms with Gasteiger partial charge < -0.3 is 10.2 Å². The minimum atomic E-state index is 0.371. The Morgan fingerprint density at radius 1 is 1.06 bits per heavy atom. The van der Waals surface area contributed by atoms with Gasteiger partial charge >= 0.3 is 0 Å². The number of nitrogens with zero attached hydrogens (tertiary/aromatic N) is 1. The first kappa shape index (κ1) is 10.8. The molecule has 0 heterocycles. The minimum Gasteiger partial charge on any atom is -0.357 e. The monoisotopic (exact) mass is 238 g/mol. The summed E-state index contributed by atoms with van der Waals surface area (Å²) in [6, 6.07) is 0. The summed E-state index contributed by atoms with van der Waals surface area (Å²) in [6.07, 6.45) is 8.59. The van der Waals surface area contributed by atoms with Crippen LogP contribution in [0.5, 0.6) is 0 Å². The van der Waals surface area contributed by atoms with Gasteiger partial charge in [-0.3, -0.25) is 0 Å². The Hall–Kier alpha value is -0.310. The molecule has 4 aliphatic carbocycles. The van der Waals surface area contributed by atoms with Crippen LogP contribution in [0.25, 0.3) is 0 Å². The third-order valence-electron chi connectivity index (χ3n) is 4.82. The second-order valence-corrected chi connectivity index (χ2v) is 6.91. The van der Waals surface area contributed by atoms with E-state index in [2.05, 4.69) is 5.32 Å². The average molecular weight is 238 g/mol. The Kier molecular flexibility index (Phi) is 2.43. The van der Waals surface area contributed by atoms with Gasteiger partial charge in [0.2, 0.25) is 0 Å². The molecule has 16 heavy (non-hydrogen) atoms. The molecule has 4 saturated carbocycles. The first-order chi connectivity index (χ1) is 7.56. The molecule has 0 saturated heterocycles. The van der Waals surface area contributed by atoms with Gasteiger partial charge in [-0.15, -0.1) is 0 Å². The van der Waals surface area contributed by atoms with Crippen molar-refractivity contribution in [1.29, 1.82) is 0 Å². The Bertz CT molecular complexity index is 276. The highest BCUT2D eigenvalue weighted by Gasteiger charge is 2.51.